The lowest BCUT2D eigenvalue weighted by Gasteiger charge is -2.15. The third-order valence-electron chi connectivity index (χ3n) is 2.55. The van der Waals surface area contributed by atoms with Gasteiger partial charge in [0.15, 0.2) is 0 Å². The van der Waals surface area contributed by atoms with Crippen molar-refractivity contribution in [1.29, 1.82) is 0 Å². The van der Waals surface area contributed by atoms with Crippen LogP contribution in [-0.4, -0.2) is 0 Å². The fourth-order valence-electron chi connectivity index (χ4n) is 1.77. The molecule has 0 amide bonds. The molecule has 68 valence electrons. The Bertz CT molecular complexity index is 294. The van der Waals surface area contributed by atoms with Gasteiger partial charge in [0, 0.05) is 16.9 Å². The van der Waals surface area contributed by atoms with Crippen LogP contribution in [0.5, 0.6) is 0 Å². The fraction of sp³-hybridized carbons (Fsp3) is 0.500. The zero-order valence-corrected chi connectivity index (χ0v) is 8.57. The minimum atomic E-state index is 0.675. The molecule has 0 N–H and O–H groups in total. The van der Waals surface area contributed by atoms with Crippen molar-refractivity contribution in [3.05, 3.63) is 22.4 Å². The van der Waals surface area contributed by atoms with Crippen LogP contribution in [0, 0.1) is 17.8 Å². The van der Waals surface area contributed by atoms with E-state index in [-0.39, 0.29) is 0 Å². The molecule has 0 nitrogen and oxygen atoms in total. The highest BCUT2D eigenvalue weighted by Crippen LogP contribution is 2.22. The van der Waals surface area contributed by atoms with Gasteiger partial charge < -0.3 is 0 Å². The van der Waals surface area contributed by atoms with Crippen LogP contribution in [-0.2, 0) is 0 Å². The van der Waals surface area contributed by atoms with Gasteiger partial charge in [0.25, 0.3) is 0 Å². The van der Waals surface area contributed by atoms with Crippen molar-refractivity contribution in [2.75, 3.05) is 0 Å². The van der Waals surface area contributed by atoms with Crippen LogP contribution < -0.4 is 0 Å². The summed E-state index contributed by atoms with van der Waals surface area (Å²) in [7, 11) is 0. The van der Waals surface area contributed by atoms with Gasteiger partial charge in [0.05, 0.1) is 0 Å². The first-order valence-electron chi connectivity index (χ1n) is 4.99. The topological polar surface area (TPSA) is 0 Å². The Morgan fingerprint density at radius 3 is 2.77 bits per heavy atom. The molecule has 1 aliphatic rings. The Hall–Kier alpha value is -0.740. The molecule has 0 aliphatic heterocycles. The van der Waals surface area contributed by atoms with Crippen LogP contribution in [0.2, 0.25) is 0 Å². The molecule has 0 bridgehead atoms. The van der Waals surface area contributed by atoms with E-state index < -0.39 is 0 Å². The van der Waals surface area contributed by atoms with Crippen molar-refractivity contribution in [2.45, 2.75) is 32.1 Å². The number of hydrogen-bond donors (Lipinski definition) is 0. The summed E-state index contributed by atoms with van der Waals surface area (Å²) in [6, 6.07) is 2.10. The van der Waals surface area contributed by atoms with E-state index in [2.05, 4.69) is 28.7 Å². The molecule has 1 saturated carbocycles. The molecular weight excluding hydrogens is 176 g/mol. The normalized spacial score (nSPS) is 17.8. The highest BCUT2D eigenvalue weighted by Gasteiger charge is 2.09. The summed E-state index contributed by atoms with van der Waals surface area (Å²) in [4.78, 5) is 0. The SMILES string of the molecule is C(#CC1CCCCC1)c1ccsc1. The average molecular weight is 190 g/mol. The smallest absolute Gasteiger partial charge is 0.0352 e. The second-order valence-electron chi connectivity index (χ2n) is 3.62. The number of thiophene rings is 1. The molecule has 0 spiro atoms. The molecule has 1 aliphatic carbocycles. The maximum absolute atomic E-state index is 3.38. The quantitative estimate of drug-likeness (QED) is 0.547. The predicted octanol–water partition coefficient (Wildman–Crippen LogP) is 3.68. The highest BCUT2D eigenvalue weighted by molar-refractivity contribution is 7.08. The fourth-order valence-corrected chi connectivity index (χ4v) is 2.36. The van der Waals surface area contributed by atoms with Crippen molar-refractivity contribution < 1.29 is 0 Å². The summed E-state index contributed by atoms with van der Waals surface area (Å²) in [5, 5.41) is 4.21. The van der Waals surface area contributed by atoms with E-state index >= 15 is 0 Å². The van der Waals surface area contributed by atoms with E-state index in [0.717, 1.165) is 0 Å². The number of rotatable bonds is 0. The molecule has 13 heavy (non-hydrogen) atoms. The Kier molecular flexibility index (Phi) is 3.05. The zero-order chi connectivity index (χ0) is 8.93. The summed E-state index contributed by atoms with van der Waals surface area (Å²) in [6.07, 6.45) is 6.80. The average Bonchev–Trinajstić information content (AvgIpc) is 2.69. The van der Waals surface area contributed by atoms with Crippen LogP contribution in [0.3, 0.4) is 0 Å². The first-order chi connectivity index (χ1) is 6.45. The van der Waals surface area contributed by atoms with E-state index in [1.807, 2.05) is 0 Å². The summed E-state index contributed by atoms with van der Waals surface area (Å²) in [5.74, 6) is 7.31. The van der Waals surface area contributed by atoms with Crippen LogP contribution in [0.25, 0.3) is 0 Å². The molecule has 0 unspecified atom stereocenters. The predicted molar refractivity (Wildman–Crippen MR) is 57.8 cm³/mol. The van der Waals surface area contributed by atoms with Crippen molar-refractivity contribution in [1.82, 2.24) is 0 Å². The van der Waals surface area contributed by atoms with Gasteiger partial charge in [-0.3, -0.25) is 0 Å². The Labute approximate surface area is 84.0 Å². The van der Waals surface area contributed by atoms with Crippen molar-refractivity contribution in [2.24, 2.45) is 5.92 Å². The first-order valence-corrected chi connectivity index (χ1v) is 5.93. The highest BCUT2D eigenvalue weighted by atomic mass is 32.1. The Balaban J connectivity index is 1.95. The number of hydrogen-bond acceptors (Lipinski definition) is 1. The summed E-state index contributed by atoms with van der Waals surface area (Å²) in [6.45, 7) is 0. The van der Waals surface area contributed by atoms with Gasteiger partial charge in [-0.05, 0) is 24.3 Å². The summed E-state index contributed by atoms with van der Waals surface area (Å²) in [5.41, 5.74) is 1.19. The molecule has 1 aromatic heterocycles. The standard InChI is InChI=1S/C12H14S/c1-2-4-11(5-3-1)6-7-12-8-9-13-10-12/h8-11H,1-5H2. The van der Waals surface area contributed by atoms with Gasteiger partial charge in [-0.1, -0.05) is 31.1 Å². The van der Waals surface area contributed by atoms with Crippen molar-refractivity contribution in [3.63, 3.8) is 0 Å². The lowest BCUT2D eigenvalue weighted by Crippen LogP contribution is -2.02. The van der Waals surface area contributed by atoms with Crippen molar-refractivity contribution >= 4 is 11.3 Å². The summed E-state index contributed by atoms with van der Waals surface area (Å²) < 4.78 is 0. The largest absolute Gasteiger partial charge is 0.151 e. The second-order valence-corrected chi connectivity index (χ2v) is 4.40. The molecule has 1 fully saturated rings. The van der Waals surface area contributed by atoms with E-state index in [0.29, 0.717) is 5.92 Å². The van der Waals surface area contributed by atoms with Crippen LogP contribution in [0.4, 0.5) is 0 Å². The van der Waals surface area contributed by atoms with Crippen molar-refractivity contribution in [3.8, 4) is 11.8 Å². The van der Waals surface area contributed by atoms with Gasteiger partial charge in [0.2, 0.25) is 0 Å². The third-order valence-corrected chi connectivity index (χ3v) is 3.23. The van der Waals surface area contributed by atoms with E-state index in [4.69, 9.17) is 0 Å². The Morgan fingerprint density at radius 2 is 2.08 bits per heavy atom. The maximum atomic E-state index is 3.38. The minimum Gasteiger partial charge on any atom is -0.151 e. The zero-order valence-electron chi connectivity index (χ0n) is 7.75. The monoisotopic (exact) mass is 190 g/mol. The van der Waals surface area contributed by atoms with Gasteiger partial charge in [-0.2, -0.15) is 11.3 Å². The van der Waals surface area contributed by atoms with Gasteiger partial charge in [-0.25, -0.2) is 0 Å². The molecule has 0 atom stereocenters. The first kappa shape index (κ1) is 8.84. The molecule has 1 aromatic rings. The lowest BCUT2D eigenvalue weighted by atomic mass is 9.90. The molecule has 1 heterocycles. The summed E-state index contributed by atoms with van der Waals surface area (Å²) >= 11 is 1.72. The van der Waals surface area contributed by atoms with E-state index in [1.165, 1.54) is 37.7 Å². The van der Waals surface area contributed by atoms with Crippen LogP contribution >= 0.6 is 11.3 Å². The molecule has 2 rings (SSSR count). The van der Waals surface area contributed by atoms with Crippen LogP contribution in [0.1, 0.15) is 37.7 Å². The van der Waals surface area contributed by atoms with Crippen LogP contribution in [0.15, 0.2) is 16.8 Å². The van der Waals surface area contributed by atoms with Gasteiger partial charge >= 0.3 is 0 Å². The lowest BCUT2D eigenvalue weighted by molar-refractivity contribution is 0.430. The van der Waals surface area contributed by atoms with E-state index in [9.17, 15) is 0 Å². The molecule has 0 saturated heterocycles. The molecule has 1 heteroatoms. The maximum Gasteiger partial charge on any atom is 0.0352 e. The molecular formula is C12H14S. The molecule has 0 aromatic carbocycles. The van der Waals surface area contributed by atoms with Gasteiger partial charge in [-0.15, -0.1) is 0 Å². The minimum absolute atomic E-state index is 0.675. The third kappa shape index (κ3) is 2.60. The van der Waals surface area contributed by atoms with Gasteiger partial charge in [0.1, 0.15) is 0 Å². The Morgan fingerprint density at radius 1 is 1.23 bits per heavy atom. The molecule has 0 radical (unpaired) electrons. The second kappa shape index (κ2) is 4.48. The van der Waals surface area contributed by atoms with E-state index in [1.54, 1.807) is 11.3 Å².